The van der Waals surface area contributed by atoms with Gasteiger partial charge in [0, 0.05) is 12.5 Å². The number of phenolic OH excluding ortho intramolecular Hbond substituents is 1. The van der Waals surface area contributed by atoms with Gasteiger partial charge < -0.3 is 63.8 Å². The highest BCUT2D eigenvalue weighted by Crippen LogP contribution is 2.47. The van der Waals surface area contributed by atoms with Gasteiger partial charge in [0.1, 0.15) is 24.4 Å². The average molecular weight is 583 g/mol. The summed E-state index contributed by atoms with van der Waals surface area (Å²) >= 11 is 0. The predicted octanol–water partition coefficient (Wildman–Crippen LogP) is 0.144. The normalized spacial score (nSPS) is 29.7. The van der Waals surface area contributed by atoms with Gasteiger partial charge in [-0.3, -0.25) is 0 Å². The zero-order valence-electron chi connectivity index (χ0n) is 23.3. The second kappa shape index (κ2) is 13.3. The van der Waals surface area contributed by atoms with E-state index in [2.05, 4.69) is 0 Å². The quantitative estimate of drug-likeness (QED) is 0.210. The first kappa shape index (κ1) is 30.9. The standard InChI is InChI=1S/C28H38O13/c1-35-17-6-5-13(26(38-4)27(17)41-28-24(34)23(33)22(32)20(11-30)40-28)7-15-12-39-25(16(15)10-29)14-8-18(36-2)21(31)19(9-14)37-3/h5-6,8-9,15-16,20,22-25,28-34H,7,10-12H2,1-4H3/t15-,16-,20+,22+,23-,24+,25+,28-/m0/s1. The van der Waals surface area contributed by atoms with Crippen LogP contribution in [-0.2, 0) is 15.9 Å². The van der Waals surface area contributed by atoms with Crippen LogP contribution in [0.3, 0.4) is 0 Å². The van der Waals surface area contributed by atoms with Crippen LogP contribution in [0, 0.1) is 11.8 Å². The minimum absolute atomic E-state index is 0.0841. The van der Waals surface area contributed by atoms with Crippen molar-refractivity contribution in [3.05, 3.63) is 35.4 Å². The molecule has 2 aromatic carbocycles. The fourth-order valence-electron chi connectivity index (χ4n) is 5.40. The van der Waals surface area contributed by atoms with E-state index in [-0.39, 0.29) is 52.9 Å². The number of aromatic hydroxyl groups is 1. The number of aliphatic hydroxyl groups is 5. The highest BCUT2D eigenvalue weighted by Gasteiger charge is 2.45. The molecule has 2 fully saturated rings. The number of phenols is 1. The molecule has 2 aliphatic heterocycles. The van der Waals surface area contributed by atoms with E-state index in [1.165, 1.54) is 28.4 Å². The molecule has 4 rings (SSSR count). The molecule has 13 nitrogen and oxygen atoms in total. The molecule has 0 spiro atoms. The number of hydrogen-bond donors (Lipinski definition) is 6. The maximum absolute atomic E-state index is 10.5. The topological polar surface area (TPSA) is 186 Å². The Hall–Kier alpha value is -3.04. The van der Waals surface area contributed by atoms with E-state index in [0.29, 0.717) is 24.2 Å². The maximum atomic E-state index is 10.5. The van der Waals surface area contributed by atoms with Crippen LogP contribution in [0.1, 0.15) is 17.2 Å². The van der Waals surface area contributed by atoms with Crippen LogP contribution < -0.4 is 23.7 Å². The molecule has 2 heterocycles. The van der Waals surface area contributed by atoms with Crippen LogP contribution in [-0.4, -0.2) is 110 Å². The summed E-state index contributed by atoms with van der Waals surface area (Å²) in [4.78, 5) is 0. The van der Waals surface area contributed by atoms with Crippen molar-refractivity contribution in [3.8, 4) is 34.5 Å². The first-order valence-electron chi connectivity index (χ1n) is 13.1. The Morgan fingerprint density at radius 3 is 2.02 bits per heavy atom. The van der Waals surface area contributed by atoms with Gasteiger partial charge in [0.25, 0.3) is 0 Å². The summed E-state index contributed by atoms with van der Waals surface area (Å²) in [6.07, 6.45) is -7.52. The lowest BCUT2D eigenvalue weighted by Gasteiger charge is -2.39. The molecule has 0 aromatic heterocycles. The first-order chi connectivity index (χ1) is 19.7. The van der Waals surface area contributed by atoms with Crippen molar-refractivity contribution in [2.75, 3.05) is 48.3 Å². The smallest absolute Gasteiger partial charge is 0.229 e. The third-order valence-corrected chi connectivity index (χ3v) is 7.67. The number of aliphatic hydroxyl groups excluding tert-OH is 5. The number of ether oxygens (including phenoxy) is 7. The molecular weight excluding hydrogens is 544 g/mol. The van der Waals surface area contributed by atoms with Gasteiger partial charge in [-0.05, 0) is 41.7 Å². The van der Waals surface area contributed by atoms with Crippen molar-refractivity contribution in [3.63, 3.8) is 0 Å². The molecule has 41 heavy (non-hydrogen) atoms. The minimum atomic E-state index is -1.63. The molecule has 0 unspecified atom stereocenters. The van der Waals surface area contributed by atoms with Crippen LogP contribution in [0.25, 0.3) is 0 Å². The van der Waals surface area contributed by atoms with Crippen LogP contribution >= 0.6 is 0 Å². The van der Waals surface area contributed by atoms with Crippen LogP contribution in [0.15, 0.2) is 24.3 Å². The molecule has 2 saturated heterocycles. The molecule has 0 radical (unpaired) electrons. The Bertz CT molecular complexity index is 1150. The van der Waals surface area contributed by atoms with Gasteiger partial charge in [-0.2, -0.15) is 0 Å². The number of hydrogen-bond acceptors (Lipinski definition) is 13. The van der Waals surface area contributed by atoms with E-state index in [1.54, 1.807) is 24.3 Å². The second-order valence-corrected chi connectivity index (χ2v) is 9.94. The maximum Gasteiger partial charge on any atom is 0.229 e. The van der Waals surface area contributed by atoms with E-state index in [1.807, 2.05) is 0 Å². The monoisotopic (exact) mass is 582 g/mol. The van der Waals surface area contributed by atoms with Crippen molar-refractivity contribution in [2.45, 2.75) is 43.2 Å². The molecule has 8 atom stereocenters. The van der Waals surface area contributed by atoms with Crippen LogP contribution in [0.5, 0.6) is 34.5 Å². The van der Waals surface area contributed by atoms with E-state index in [9.17, 15) is 30.6 Å². The average Bonchev–Trinajstić information content (AvgIpc) is 3.40. The highest BCUT2D eigenvalue weighted by atomic mass is 16.7. The first-order valence-corrected chi connectivity index (χ1v) is 13.1. The lowest BCUT2D eigenvalue weighted by atomic mass is 9.84. The predicted molar refractivity (Wildman–Crippen MR) is 142 cm³/mol. The lowest BCUT2D eigenvalue weighted by molar-refractivity contribution is -0.277. The summed E-state index contributed by atoms with van der Waals surface area (Å²) in [5.41, 5.74) is 1.35. The minimum Gasteiger partial charge on any atom is -0.502 e. The fourth-order valence-corrected chi connectivity index (χ4v) is 5.40. The van der Waals surface area contributed by atoms with Gasteiger partial charge in [-0.25, -0.2) is 0 Å². The summed E-state index contributed by atoms with van der Waals surface area (Å²) in [6, 6.07) is 6.72. The van der Waals surface area contributed by atoms with Crippen molar-refractivity contribution in [1.29, 1.82) is 0 Å². The Morgan fingerprint density at radius 2 is 1.46 bits per heavy atom. The second-order valence-electron chi connectivity index (χ2n) is 9.94. The lowest BCUT2D eigenvalue weighted by Crippen LogP contribution is -2.60. The molecule has 2 aliphatic rings. The molecule has 6 N–H and O–H groups in total. The van der Waals surface area contributed by atoms with Gasteiger partial charge in [0.05, 0.1) is 47.8 Å². The Kier molecular flexibility index (Phi) is 10.0. The van der Waals surface area contributed by atoms with Crippen molar-refractivity contribution >= 4 is 0 Å². The van der Waals surface area contributed by atoms with Crippen LogP contribution in [0.2, 0.25) is 0 Å². The van der Waals surface area contributed by atoms with E-state index in [4.69, 9.17) is 33.2 Å². The molecule has 0 aliphatic carbocycles. The van der Waals surface area contributed by atoms with Crippen molar-refractivity contribution in [2.24, 2.45) is 11.8 Å². The van der Waals surface area contributed by atoms with E-state index in [0.717, 1.165) is 0 Å². The van der Waals surface area contributed by atoms with Gasteiger partial charge in [-0.15, -0.1) is 0 Å². The van der Waals surface area contributed by atoms with Gasteiger partial charge in [-0.1, -0.05) is 6.07 Å². The summed E-state index contributed by atoms with van der Waals surface area (Å²) in [6.45, 7) is -0.490. The molecule has 228 valence electrons. The SMILES string of the molecule is COc1cc([C@H]2OC[C@H](Cc3ccc(OC)c(O[C@@H]4O[C@H](CO)[C@@H](O)[C@H](O)[C@H]4O)c3OC)[C@@H]2CO)cc(OC)c1O. The van der Waals surface area contributed by atoms with E-state index >= 15 is 0 Å². The van der Waals surface area contributed by atoms with Gasteiger partial charge in [0.2, 0.25) is 17.8 Å². The molecular formula is C28H38O13. The largest absolute Gasteiger partial charge is 0.502 e. The summed E-state index contributed by atoms with van der Waals surface area (Å²) < 4.78 is 39.3. The Morgan fingerprint density at radius 1 is 0.805 bits per heavy atom. The Balaban J connectivity index is 1.61. The van der Waals surface area contributed by atoms with Gasteiger partial charge >= 0.3 is 0 Å². The van der Waals surface area contributed by atoms with Crippen LogP contribution in [0.4, 0.5) is 0 Å². The van der Waals surface area contributed by atoms with E-state index < -0.39 is 43.4 Å². The van der Waals surface area contributed by atoms with Gasteiger partial charge in [0.15, 0.2) is 23.0 Å². The highest BCUT2D eigenvalue weighted by molar-refractivity contribution is 5.56. The summed E-state index contributed by atoms with van der Waals surface area (Å²) in [5, 5.41) is 61.0. The Labute approximate surface area is 237 Å². The zero-order valence-corrected chi connectivity index (χ0v) is 23.3. The van der Waals surface area contributed by atoms with Crippen molar-refractivity contribution < 1.29 is 63.8 Å². The summed E-state index contributed by atoms with van der Waals surface area (Å²) in [7, 11) is 5.72. The number of rotatable bonds is 11. The molecule has 0 amide bonds. The van der Waals surface area contributed by atoms with Crippen molar-refractivity contribution in [1.82, 2.24) is 0 Å². The molecule has 13 heteroatoms. The molecule has 0 bridgehead atoms. The summed E-state index contributed by atoms with van der Waals surface area (Å²) in [5.74, 6) is 0.405. The third-order valence-electron chi connectivity index (χ3n) is 7.67. The molecule has 2 aromatic rings. The zero-order chi connectivity index (χ0) is 29.8. The molecule has 0 saturated carbocycles. The third kappa shape index (κ3) is 5.97. The number of benzene rings is 2. The number of methoxy groups -OCH3 is 4. The fraction of sp³-hybridized carbons (Fsp3) is 0.571.